The standard InChI is InChI=1S/C27H39N3O5S/c1-19(2)22-11-13-23(14-12-22)30(36(8,33)34)18-25(31)29(20(3)26(32)28-27(4,5)6)17-21-9-15-24(35-7)16-10-21/h9-16,19-20H,17-18H2,1-8H3,(H,28,32). The number of carbonyl (C=O) groups is 2. The molecule has 0 radical (unpaired) electrons. The van der Waals surface area contributed by atoms with Crippen molar-refractivity contribution in [1.82, 2.24) is 10.2 Å². The van der Waals surface area contributed by atoms with Crippen LogP contribution in [0.25, 0.3) is 0 Å². The van der Waals surface area contributed by atoms with Gasteiger partial charge in [0, 0.05) is 12.1 Å². The van der Waals surface area contributed by atoms with Gasteiger partial charge in [-0.15, -0.1) is 0 Å². The average molecular weight is 518 g/mol. The summed E-state index contributed by atoms with van der Waals surface area (Å²) in [6.45, 7) is 11.0. The van der Waals surface area contributed by atoms with Crippen LogP contribution in [0.4, 0.5) is 5.69 Å². The van der Waals surface area contributed by atoms with Crippen LogP contribution in [0.3, 0.4) is 0 Å². The van der Waals surface area contributed by atoms with Crippen LogP contribution in [-0.4, -0.2) is 56.6 Å². The topological polar surface area (TPSA) is 96.0 Å². The summed E-state index contributed by atoms with van der Waals surface area (Å²) in [7, 11) is -2.20. The summed E-state index contributed by atoms with van der Waals surface area (Å²) in [5.41, 5.74) is 1.75. The van der Waals surface area contributed by atoms with Gasteiger partial charge in [-0.2, -0.15) is 0 Å². The van der Waals surface area contributed by atoms with Crippen molar-refractivity contribution >= 4 is 27.5 Å². The number of amides is 2. The van der Waals surface area contributed by atoms with E-state index in [-0.39, 0.29) is 18.4 Å². The summed E-state index contributed by atoms with van der Waals surface area (Å²) >= 11 is 0. The Morgan fingerprint density at radius 1 is 0.972 bits per heavy atom. The van der Waals surface area contributed by atoms with Crippen LogP contribution in [0.1, 0.15) is 58.6 Å². The minimum Gasteiger partial charge on any atom is -0.497 e. The monoisotopic (exact) mass is 517 g/mol. The maximum atomic E-state index is 13.6. The number of nitrogens with one attached hydrogen (secondary N) is 1. The van der Waals surface area contributed by atoms with Gasteiger partial charge in [0.25, 0.3) is 0 Å². The smallest absolute Gasteiger partial charge is 0.244 e. The van der Waals surface area contributed by atoms with Gasteiger partial charge in [-0.1, -0.05) is 38.1 Å². The molecule has 0 spiro atoms. The number of benzene rings is 2. The second-order valence-electron chi connectivity index (χ2n) is 10.3. The van der Waals surface area contributed by atoms with Crippen LogP contribution in [0.2, 0.25) is 0 Å². The largest absolute Gasteiger partial charge is 0.497 e. The van der Waals surface area contributed by atoms with Crippen LogP contribution in [0.15, 0.2) is 48.5 Å². The fourth-order valence-corrected chi connectivity index (χ4v) is 4.47. The summed E-state index contributed by atoms with van der Waals surface area (Å²) in [6.07, 6.45) is 1.07. The summed E-state index contributed by atoms with van der Waals surface area (Å²) in [5.74, 6) is 0.148. The first-order chi connectivity index (χ1) is 16.6. The lowest BCUT2D eigenvalue weighted by molar-refractivity contribution is -0.140. The molecule has 2 aromatic carbocycles. The summed E-state index contributed by atoms with van der Waals surface area (Å²) in [6, 6.07) is 13.5. The molecule has 1 atom stereocenters. The molecular weight excluding hydrogens is 478 g/mol. The molecule has 0 saturated heterocycles. The Bertz CT molecular complexity index is 1140. The highest BCUT2D eigenvalue weighted by Crippen LogP contribution is 2.23. The highest BCUT2D eigenvalue weighted by Gasteiger charge is 2.31. The lowest BCUT2D eigenvalue weighted by atomic mass is 10.0. The lowest BCUT2D eigenvalue weighted by Crippen LogP contribution is -2.54. The zero-order valence-corrected chi connectivity index (χ0v) is 23.3. The molecule has 2 amide bonds. The molecule has 0 aromatic heterocycles. The number of rotatable bonds is 10. The molecule has 0 heterocycles. The first-order valence-corrected chi connectivity index (χ1v) is 13.8. The predicted octanol–water partition coefficient (Wildman–Crippen LogP) is 3.92. The van der Waals surface area contributed by atoms with Crippen molar-refractivity contribution in [1.29, 1.82) is 0 Å². The minimum atomic E-state index is -3.77. The van der Waals surface area contributed by atoms with Gasteiger partial charge >= 0.3 is 0 Å². The van der Waals surface area contributed by atoms with E-state index in [0.29, 0.717) is 11.4 Å². The fourth-order valence-electron chi connectivity index (χ4n) is 3.62. The van der Waals surface area contributed by atoms with Gasteiger partial charge in [0.2, 0.25) is 21.8 Å². The Balaban J connectivity index is 2.39. The van der Waals surface area contributed by atoms with Crippen LogP contribution in [0.5, 0.6) is 5.75 Å². The third-order valence-electron chi connectivity index (χ3n) is 5.70. The first kappa shape index (κ1) is 29.2. The molecule has 198 valence electrons. The van der Waals surface area contributed by atoms with Gasteiger partial charge in [-0.3, -0.25) is 13.9 Å². The van der Waals surface area contributed by atoms with Gasteiger partial charge in [0.05, 0.1) is 19.1 Å². The van der Waals surface area contributed by atoms with Crippen molar-refractivity contribution in [2.24, 2.45) is 0 Å². The van der Waals surface area contributed by atoms with Crippen molar-refractivity contribution in [3.63, 3.8) is 0 Å². The van der Waals surface area contributed by atoms with Gasteiger partial charge < -0.3 is 15.0 Å². The van der Waals surface area contributed by atoms with E-state index in [4.69, 9.17) is 4.74 Å². The maximum Gasteiger partial charge on any atom is 0.244 e. The van der Waals surface area contributed by atoms with Crippen LogP contribution < -0.4 is 14.4 Å². The molecule has 1 N–H and O–H groups in total. The van der Waals surface area contributed by atoms with Gasteiger partial charge in [-0.05, 0) is 69.0 Å². The van der Waals surface area contributed by atoms with Gasteiger partial charge in [-0.25, -0.2) is 8.42 Å². The van der Waals surface area contributed by atoms with Crippen molar-refractivity contribution in [3.8, 4) is 5.75 Å². The molecule has 2 aromatic rings. The molecule has 36 heavy (non-hydrogen) atoms. The number of nitrogens with zero attached hydrogens (tertiary/aromatic N) is 2. The molecule has 0 aliphatic carbocycles. The van der Waals surface area contributed by atoms with Crippen LogP contribution >= 0.6 is 0 Å². The minimum absolute atomic E-state index is 0.130. The van der Waals surface area contributed by atoms with Crippen molar-refractivity contribution in [2.75, 3.05) is 24.2 Å². The quantitative estimate of drug-likeness (QED) is 0.515. The van der Waals surface area contributed by atoms with E-state index in [2.05, 4.69) is 5.32 Å². The third kappa shape index (κ3) is 8.26. The van der Waals surface area contributed by atoms with Crippen LogP contribution in [-0.2, 0) is 26.2 Å². The van der Waals surface area contributed by atoms with Crippen molar-refractivity contribution < 1.29 is 22.7 Å². The number of anilines is 1. The van der Waals surface area contributed by atoms with Crippen molar-refractivity contribution in [2.45, 2.75) is 65.6 Å². The number of methoxy groups -OCH3 is 1. The second kappa shape index (κ2) is 11.8. The average Bonchev–Trinajstić information content (AvgIpc) is 2.79. The van der Waals surface area contributed by atoms with E-state index in [1.807, 2.05) is 58.9 Å². The Hall–Kier alpha value is -3.07. The molecule has 1 unspecified atom stereocenters. The Morgan fingerprint density at radius 2 is 1.53 bits per heavy atom. The lowest BCUT2D eigenvalue weighted by Gasteiger charge is -2.33. The highest BCUT2D eigenvalue weighted by molar-refractivity contribution is 7.92. The maximum absolute atomic E-state index is 13.6. The fraction of sp³-hybridized carbons (Fsp3) is 0.481. The Kier molecular flexibility index (Phi) is 9.54. The normalized spacial score (nSPS) is 12.7. The van der Waals surface area contributed by atoms with E-state index in [1.54, 1.807) is 38.3 Å². The number of ether oxygens (including phenoxy) is 1. The SMILES string of the molecule is COc1ccc(CN(C(=O)CN(c2ccc(C(C)C)cc2)S(C)(=O)=O)C(C)C(=O)NC(C)(C)C)cc1. The van der Waals surface area contributed by atoms with E-state index in [0.717, 1.165) is 21.7 Å². The van der Waals surface area contributed by atoms with Gasteiger partial charge in [0.1, 0.15) is 18.3 Å². The molecule has 0 fully saturated rings. The number of carbonyl (C=O) groups excluding carboxylic acids is 2. The molecule has 0 bridgehead atoms. The third-order valence-corrected chi connectivity index (χ3v) is 6.84. The Labute approximate surface area is 215 Å². The van der Waals surface area contributed by atoms with E-state index in [9.17, 15) is 18.0 Å². The number of hydrogen-bond donors (Lipinski definition) is 1. The molecule has 9 heteroatoms. The zero-order chi connectivity index (χ0) is 27.3. The molecule has 2 rings (SSSR count). The Morgan fingerprint density at radius 3 is 1.97 bits per heavy atom. The first-order valence-electron chi connectivity index (χ1n) is 11.9. The summed E-state index contributed by atoms with van der Waals surface area (Å²) in [5, 5.41) is 2.91. The molecular formula is C27H39N3O5S. The summed E-state index contributed by atoms with van der Waals surface area (Å²) < 4.78 is 31.7. The van der Waals surface area contributed by atoms with Crippen molar-refractivity contribution in [3.05, 3.63) is 59.7 Å². The predicted molar refractivity (Wildman–Crippen MR) is 144 cm³/mol. The number of sulfonamides is 1. The molecule has 0 aliphatic rings. The van der Waals surface area contributed by atoms with E-state index in [1.165, 1.54) is 4.90 Å². The molecule has 0 aliphatic heterocycles. The molecule has 8 nitrogen and oxygen atoms in total. The zero-order valence-electron chi connectivity index (χ0n) is 22.5. The second-order valence-corrected chi connectivity index (χ2v) is 12.2. The van der Waals surface area contributed by atoms with E-state index < -0.39 is 34.1 Å². The van der Waals surface area contributed by atoms with E-state index >= 15 is 0 Å². The summed E-state index contributed by atoms with van der Waals surface area (Å²) in [4.78, 5) is 28.0. The number of hydrogen-bond acceptors (Lipinski definition) is 5. The highest BCUT2D eigenvalue weighted by atomic mass is 32.2. The van der Waals surface area contributed by atoms with Crippen LogP contribution in [0, 0.1) is 0 Å². The molecule has 0 saturated carbocycles. The van der Waals surface area contributed by atoms with Gasteiger partial charge in [0.15, 0.2) is 0 Å².